The SMILES string of the molecule is CCOc1ccc(NC(=O)CNC(=O)CN)cc1S(=O)(=O)N(C)C.Cl. The molecule has 0 atom stereocenters. The van der Waals surface area contributed by atoms with E-state index in [1.165, 1.54) is 32.3 Å². The summed E-state index contributed by atoms with van der Waals surface area (Å²) in [6.07, 6.45) is 0. The lowest BCUT2D eigenvalue weighted by molar-refractivity contribution is -0.123. The molecular formula is C14H23ClN4O5S. The molecule has 2 amide bonds. The van der Waals surface area contributed by atoms with Gasteiger partial charge in [0.25, 0.3) is 0 Å². The number of ether oxygens (including phenoxy) is 1. The van der Waals surface area contributed by atoms with Crippen LogP contribution < -0.4 is 21.1 Å². The Morgan fingerprint density at radius 1 is 1.24 bits per heavy atom. The quantitative estimate of drug-likeness (QED) is 0.558. The summed E-state index contributed by atoms with van der Waals surface area (Å²) in [5.41, 5.74) is 5.39. The van der Waals surface area contributed by atoms with E-state index < -0.39 is 21.8 Å². The normalized spacial score (nSPS) is 10.8. The summed E-state index contributed by atoms with van der Waals surface area (Å²) in [4.78, 5) is 22.8. The number of nitrogens with zero attached hydrogens (tertiary/aromatic N) is 1. The largest absolute Gasteiger partial charge is 0.492 e. The first-order valence-corrected chi connectivity index (χ1v) is 8.62. The molecule has 0 aliphatic heterocycles. The number of benzene rings is 1. The van der Waals surface area contributed by atoms with E-state index in [0.29, 0.717) is 6.61 Å². The Bertz CT molecular complexity index is 709. The van der Waals surface area contributed by atoms with Gasteiger partial charge in [0, 0.05) is 19.8 Å². The van der Waals surface area contributed by atoms with Gasteiger partial charge < -0.3 is 21.1 Å². The second-order valence-corrected chi connectivity index (χ2v) is 7.03. The van der Waals surface area contributed by atoms with Crippen LogP contribution in [-0.2, 0) is 19.6 Å². The van der Waals surface area contributed by atoms with Crippen LogP contribution in [0.15, 0.2) is 23.1 Å². The van der Waals surface area contributed by atoms with E-state index in [2.05, 4.69) is 10.6 Å². The Morgan fingerprint density at radius 2 is 1.88 bits per heavy atom. The van der Waals surface area contributed by atoms with E-state index in [1.807, 2.05) is 0 Å². The Kier molecular flexibility index (Phi) is 9.42. The van der Waals surface area contributed by atoms with Crippen molar-refractivity contribution in [3.05, 3.63) is 18.2 Å². The smallest absolute Gasteiger partial charge is 0.246 e. The molecule has 0 spiro atoms. The highest BCUT2D eigenvalue weighted by Gasteiger charge is 2.23. The standard InChI is InChI=1S/C14H22N4O5S.ClH/c1-4-23-11-6-5-10(7-12(11)24(21,22)18(2)3)17-14(20)9-16-13(19)8-15;/h5-7H,4,8-9,15H2,1-3H3,(H,16,19)(H,17,20);1H. The Morgan fingerprint density at radius 3 is 2.40 bits per heavy atom. The number of anilines is 1. The van der Waals surface area contributed by atoms with Crippen molar-refractivity contribution in [2.75, 3.05) is 39.1 Å². The molecule has 25 heavy (non-hydrogen) atoms. The fraction of sp³-hybridized carbons (Fsp3) is 0.429. The zero-order chi connectivity index (χ0) is 18.3. The molecule has 0 aromatic heterocycles. The molecule has 9 nitrogen and oxygen atoms in total. The van der Waals surface area contributed by atoms with Crippen molar-refractivity contribution >= 4 is 39.9 Å². The molecule has 0 aliphatic rings. The van der Waals surface area contributed by atoms with Crippen LogP contribution in [0.2, 0.25) is 0 Å². The second-order valence-electron chi connectivity index (χ2n) is 4.91. The summed E-state index contributed by atoms with van der Waals surface area (Å²) >= 11 is 0. The number of nitrogens with one attached hydrogen (secondary N) is 2. The third-order valence-electron chi connectivity index (χ3n) is 2.92. The summed E-state index contributed by atoms with van der Waals surface area (Å²) in [7, 11) is -0.944. The van der Waals surface area contributed by atoms with Gasteiger partial charge in [0.2, 0.25) is 21.8 Å². The number of sulfonamides is 1. The van der Waals surface area contributed by atoms with Gasteiger partial charge in [0.05, 0.1) is 19.7 Å². The van der Waals surface area contributed by atoms with E-state index in [1.54, 1.807) is 6.92 Å². The zero-order valence-electron chi connectivity index (χ0n) is 14.2. The van der Waals surface area contributed by atoms with E-state index in [4.69, 9.17) is 10.5 Å². The first-order chi connectivity index (χ1) is 11.2. The first kappa shape index (κ1) is 23.1. The predicted octanol–water partition coefficient (Wildman–Crippen LogP) is -0.229. The molecular weight excluding hydrogens is 372 g/mol. The topological polar surface area (TPSA) is 131 Å². The molecule has 0 radical (unpaired) electrons. The molecule has 0 bridgehead atoms. The summed E-state index contributed by atoms with van der Waals surface area (Å²) in [6, 6.07) is 4.29. The molecule has 142 valence electrons. The average Bonchev–Trinajstić information content (AvgIpc) is 2.53. The zero-order valence-corrected chi connectivity index (χ0v) is 15.9. The molecule has 1 aromatic rings. The molecule has 4 N–H and O–H groups in total. The highest BCUT2D eigenvalue weighted by molar-refractivity contribution is 7.89. The summed E-state index contributed by atoms with van der Waals surface area (Å²) in [5, 5.41) is 4.83. The Labute approximate surface area is 153 Å². The lowest BCUT2D eigenvalue weighted by Crippen LogP contribution is -2.36. The van der Waals surface area contributed by atoms with Crippen molar-refractivity contribution in [2.45, 2.75) is 11.8 Å². The average molecular weight is 395 g/mol. The van der Waals surface area contributed by atoms with Crippen LogP contribution in [0.5, 0.6) is 5.75 Å². The minimum atomic E-state index is -3.75. The highest BCUT2D eigenvalue weighted by atomic mass is 35.5. The number of hydrogen-bond acceptors (Lipinski definition) is 6. The van der Waals surface area contributed by atoms with Crippen LogP contribution in [0.1, 0.15) is 6.92 Å². The maximum Gasteiger partial charge on any atom is 0.246 e. The van der Waals surface area contributed by atoms with Crippen molar-refractivity contribution in [1.82, 2.24) is 9.62 Å². The number of rotatable bonds is 8. The number of carbonyl (C=O) groups excluding carboxylic acids is 2. The molecule has 11 heteroatoms. The van der Waals surface area contributed by atoms with Crippen molar-refractivity contribution in [3.63, 3.8) is 0 Å². The summed E-state index contributed by atoms with van der Waals surface area (Å²) < 4.78 is 31.2. The van der Waals surface area contributed by atoms with Gasteiger partial charge in [-0.2, -0.15) is 0 Å². The van der Waals surface area contributed by atoms with E-state index in [-0.39, 0.29) is 41.8 Å². The van der Waals surface area contributed by atoms with Gasteiger partial charge in [-0.3, -0.25) is 9.59 Å². The van der Waals surface area contributed by atoms with Gasteiger partial charge in [0.1, 0.15) is 10.6 Å². The number of hydrogen-bond donors (Lipinski definition) is 3. The fourth-order valence-electron chi connectivity index (χ4n) is 1.72. The predicted molar refractivity (Wildman–Crippen MR) is 96.4 cm³/mol. The minimum Gasteiger partial charge on any atom is -0.492 e. The Hall–Kier alpha value is -1.88. The van der Waals surface area contributed by atoms with Crippen LogP contribution in [0, 0.1) is 0 Å². The van der Waals surface area contributed by atoms with Crippen molar-refractivity contribution < 1.29 is 22.7 Å². The Balaban J connectivity index is 0.00000576. The summed E-state index contributed by atoms with van der Waals surface area (Å²) in [5.74, 6) is -0.775. The third-order valence-corrected chi connectivity index (χ3v) is 4.75. The lowest BCUT2D eigenvalue weighted by Gasteiger charge is -2.16. The molecule has 1 rings (SSSR count). The van der Waals surface area contributed by atoms with Crippen LogP contribution in [0.25, 0.3) is 0 Å². The fourth-order valence-corrected chi connectivity index (χ4v) is 2.77. The third kappa shape index (κ3) is 6.50. The van der Waals surface area contributed by atoms with Gasteiger partial charge >= 0.3 is 0 Å². The van der Waals surface area contributed by atoms with Gasteiger partial charge in [-0.1, -0.05) is 0 Å². The minimum absolute atomic E-state index is 0. The van der Waals surface area contributed by atoms with Gasteiger partial charge in [-0.15, -0.1) is 12.4 Å². The second kappa shape index (κ2) is 10.2. The van der Waals surface area contributed by atoms with E-state index in [0.717, 1.165) is 4.31 Å². The van der Waals surface area contributed by atoms with Crippen molar-refractivity contribution in [3.8, 4) is 5.75 Å². The van der Waals surface area contributed by atoms with Gasteiger partial charge in [0.15, 0.2) is 0 Å². The molecule has 0 unspecified atom stereocenters. The maximum absolute atomic E-state index is 12.4. The molecule has 1 aromatic carbocycles. The number of nitrogens with two attached hydrogens (primary N) is 1. The van der Waals surface area contributed by atoms with Crippen LogP contribution in [-0.4, -0.2) is 58.3 Å². The first-order valence-electron chi connectivity index (χ1n) is 7.18. The van der Waals surface area contributed by atoms with Gasteiger partial charge in [-0.25, -0.2) is 12.7 Å². The van der Waals surface area contributed by atoms with Crippen LogP contribution in [0.4, 0.5) is 5.69 Å². The van der Waals surface area contributed by atoms with E-state index >= 15 is 0 Å². The van der Waals surface area contributed by atoms with Crippen molar-refractivity contribution in [1.29, 1.82) is 0 Å². The van der Waals surface area contributed by atoms with E-state index in [9.17, 15) is 18.0 Å². The molecule has 0 aliphatic carbocycles. The molecule has 0 fully saturated rings. The van der Waals surface area contributed by atoms with Crippen LogP contribution in [0.3, 0.4) is 0 Å². The molecule has 0 saturated heterocycles. The summed E-state index contributed by atoms with van der Waals surface area (Å²) in [6.45, 7) is 1.55. The lowest BCUT2D eigenvalue weighted by atomic mass is 10.3. The number of halogens is 1. The van der Waals surface area contributed by atoms with Crippen LogP contribution >= 0.6 is 12.4 Å². The van der Waals surface area contributed by atoms with Crippen molar-refractivity contribution in [2.24, 2.45) is 5.73 Å². The number of carbonyl (C=O) groups is 2. The highest BCUT2D eigenvalue weighted by Crippen LogP contribution is 2.29. The maximum atomic E-state index is 12.4. The monoisotopic (exact) mass is 394 g/mol. The molecule has 0 heterocycles. The van der Waals surface area contributed by atoms with Gasteiger partial charge in [-0.05, 0) is 25.1 Å². The molecule has 0 saturated carbocycles. The number of amides is 2.